The predicted molar refractivity (Wildman–Crippen MR) is 105 cm³/mol. The van der Waals surface area contributed by atoms with Crippen LogP contribution in [0.4, 0.5) is 0 Å². The Morgan fingerprint density at radius 2 is 1.96 bits per heavy atom. The molecule has 0 aliphatic carbocycles. The van der Waals surface area contributed by atoms with E-state index < -0.39 is 5.97 Å². The molecule has 6 nitrogen and oxygen atoms in total. The number of esters is 1. The number of hydrogen-bond acceptors (Lipinski definition) is 5. The lowest BCUT2D eigenvalue weighted by atomic mass is 10.1. The van der Waals surface area contributed by atoms with Gasteiger partial charge in [-0.1, -0.05) is 41.4 Å². The number of hydrazone groups is 1. The third kappa shape index (κ3) is 6.58. The molecule has 0 aliphatic heterocycles. The molecular formula is C19H18Cl2N2O4. The first-order valence-corrected chi connectivity index (χ1v) is 8.84. The summed E-state index contributed by atoms with van der Waals surface area (Å²) in [5.41, 5.74) is 3.33. The Morgan fingerprint density at radius 1 is 1.19 bits per heavy atom. The first kappa shape index (κ1) is 20.7. The summed E-state index contributed by atoms with van der Waals surface area (Å²) in [6, 6.07) is 11.7. The molecule has 0 heterocycles. The molecule has 0 aliphatic rings. The van der Waals surface area contributed by atoms with Gasteiger partial charge in [0.25, 0.3) is 0 Å². The third-order valence-corrected chi connectivity index (χ3v) is 3.99. The summed E-state index contributed by atoms with van der Waals surface area (Å²) in [7, 11) is 1.30. The molecule has 0 saturated carbocycles. The number of amides is 1. The topological polar surface area (TPSA) is 77.0 Å². The Kier molecular flexibility index (Phi) is 8.10. The highest BCUT2D eigenvalue weighted by molar-refractivity contribution is 6.35. The zero-order valence-corrected chi connectivity index (χ0v) is 16.1. The SMILES string of the molecule is COC(=O)c1ccccc1/C=N\NC(=O)CCCOc1ccc(Cl)cc1Cl. The summed E-state index contributed by atoms with van der Waals surface area (Å²) in [6.45, 7) is 0.323. The van der Waals surface area contributed by atoms with E-state index >= 15 is 0 Å². The van der Waals surface area contributed by atoms with Gasteiger partial charge >= 0.3 is 5.97 Å². The third-order valence-electron chi connectivity index (χ3n) is 3.46. The van der Waals surface area contributed by atoms with Gasteiger partial charge in [-0.3, -0.25) is 4.79 Å². The first-order chi connectivity index (χ1) is 13.0. The molecule has 0 atom stereocenters. The average Bonchev–Trinajstić information content (AvgIpc) is 2.66. The highest BCUT2D eigenvalue weighted by Crippen LogP contribution is 2.27. The van der Waals surface area contributed by atoms with E-state index in [4.69, 9.17) is 32.7 Å². The molecule has 0 saturated heterocycles. The van der Waals surface area contributed by atoms with E-state index in [1.807, 2.05) is 0 Å². The van der Waals surface area contributed by atoms with E-state index in [9.17, 15) is 9.59 Å². The van der Waals surface area contributed by atoms with E-state index in [0.717, 1.165) is 0 Å². The maximum absolute atomic E-state index is 11.8. The minimum atomic E-state index is -0.471. The van der Waals surface area contributed by atoms with Gasteiger partial charge in [0.15, 0.2) is 0 Å². The fraction of sp³-hybridized carbons (Fsp3) is 0.211. The quantitative estimate of drug-likeness (QED) is 0.308. The molecule has 142 valence electrons. The van der Waals surface area contributed by atoms with Crippen LogP contribution in [0.1, 0.15) is 28.8 Å². The van der Waals surface area contributed by atoms with Gasteiger partial charge in [-0.25, -0.2) is 10.2 Å². The van der Waals surface area contributed by atoms with E-state index in [-0.39, 0.29) is 12.3 Å². The summed E-state index contributed by atoms with van der Waals surface area (Å²) in [5, 5.41) is 4.81. The standard InChI is InChI=1S/C19H18Cl2N2O4/c1-26-19(25)15-6-3-2-5-13(15)12-22-23-18(24)7-4-10-27-17-9-8-14(20)11-16(17)21/h2-3,5-6,8-9,11-12H,4,7,10H2,1H3,(H,23,24)/b22-12-. The van der Waals surface area contributed by atoms with Crippen LogP contribution in [0.3, 0.4) is 0 Å². The maximum atomic E-state index is 11.8. The van der Waals surface area contributed by atoms with Crippen molar-refractivity contribution in [1.82, 2.24) is 5.43 Å². The molecule has 0 unspecified atom stereocenters. The van der Waals surface area contributed by atoms with Gasteiger partial charge in [0.2, 0.25) is 5.91 Å². The molecule has 0 aromatic heterocycles. The van der Waals surface area contributed by atoms with Gasteiger partial charge in [-0.15, -0.1) is 0 Å². The van der Waals surface area contributed by atoms with E-state index in [1.54, 1.807) is 42.5 Å². The molecule has 8 heteroatoms. The Morgan fingerprint density at radius 3 is 2.70 bits per heavy atom. The number of nitrogens with one attached hydrogen (secondary N) is 1. The molecular weight excluding hydrogens is 391 g/mol. The number of nitrogens with zero attached hydrogens (tertiary/aromatic N) is 1. The van der Waals surface area contributed by atoms with Gasteiger partial charge < -0.3 is 9.47 Å². The van der Waals surface area contributed by atoms with E-state index in [2.05, 4.69) is 10.5 Å². The highest BCUT2D eigenvalue weighted by Gasteiger charge is 2.09. The van der Waals surface area contributed by atoms with Crippen LogP contribution in [-0.4, -0.2) is 31.8 Å². The van der Waals surface area contributed by atoms with Crippen LogP contribution < -0.4 is 10.2 Å². The van der Waals surface area contributed by atoms with E-state index in [0.29, 0.717) is 39.9 Å². The number of benzene rings is 2. The lowest BCUT2D eigenvalue weighted by molar-refractivity contribution is -0.121. The van der Waals surface area contributed by atoms with Crippen molar-refractivity contribution in [2.24, 2.45) is 5.10 Å². The second-order valence-corrected chi connectivity index (χ2v) is 6.24. The summed E-state index contributed by atoms with van der Waals surface area (Å²) < 4.78 is 10.2. The Balaban J connectivity index is 1.76. The van der Waals surface area contributed by atoms with Crippen LogP contribution in [-0.2, 0) is 9.53 Å². The number of halogens is 2. The van der Waals surface area contributed by atoms with Crippen molar-refractivity contribution in [2.75, 3.05) is 13.7 Å². The lowest BCUT2D eigenvalue weighted by Crippen LogP contribution is -2.18. The molecule has 0 bridgehead atoms. The molecule has 2 aromatic rings. The lowest BCUT2D eigenvalue weighted by Gasteiger charge is -2.07. The molecule has 0 fully saturated rings. The smallest absolute Gasteiger partial charge is 0.338 e. The highest BCUT2D eigenvalue weighted by atomic mass is 35.5. The number of ether oxygens (including phenoxy) is 2. The Bertz CT molecular complexity index is 840. The normalized spacial score (nSPS) is 10.6. The molecule has 27 heavy (non-hydrogen) atoms. The Labute approximate surface area is 167 Å². The molecule has 2 aromatic carbocycles. The fourth-order valence-electron chi connectivity index (χ4n) is 2.14. The second-order valence-electron chi connectivity index (χ2n) is 5.40. The largest absolute Gasteiger partial charge is 0.492 e. The summed E-state index contributed by atoms with van der Waals surface area (Å²) in [5.74, 6) is -0.229. The van der Waals surface area contributed by atoms with Gasteiger partial charge in [-0.2, -0.15) is 5.10 Å². The van der Waals surface area contributed by atoms with Crippen LogP contribution in [0.5, 0.6) is 5.75 Å². The van der Waals surface area contributed by atoms with Crippen molar-refractivity contribution < 1.29 is 19.1 Å². The van der Waals surface area contributed by atoms with Gasteiger partial charge in [-0.05, 0) is 30.7 Å². The zero-order valence-electron chi connectivity index (χ0n) is 14.6. The van der Waals surface area contributed by atoms with Crippen molar-refractivity contribution in [3.8, 4) is 5.75 Å². The van der Waals surface area contributed by atoms with Gasteiger partial charge in [0.1, 0.15) is 5.75 Å². The van der Waals surface area contributed by atoms with Crippen molar-refractivity contribution in [1.29, 1.82) is 0 Å². The van der Waals surface area contributed by atoms with Crippen LogP contribution in [0.2, 0.25) is 10.0 Å². The van der Waals surface area contributed by atoms with Crippen LogP contribution in [0, 0.1) is 0 Å². The van der Waals surface area contributed by atoms with Crippen molar-refractivity contribution in [3.63, 3.8) is 0 Å². The number of methoxy groups -OCH3 is 1. The number of rotatable bonds is 8. The van der Waals surface area contributed by atoms with Crippen LogP contribution in [0.25, 0.3) is 0 Å². The number of carbonyl (C=O) groups excluding carboxylic acids is 2. The fourth-order valence-corrected chi connectivity index (χ4v) is 2.61. The van der Waals surface area contributed by atoms with E-state index in [1.165, 1.54) is 13.3 Å². The Hall–Kier alpha value is -2.57. The average molecular weight is 409 g/mol. The second kappa shape index (κ2) is 10.5. The van der Waals surface area contributed by atoms with Gasteiger partial charge in [0.05, 0.1) is 30.5 Å². The van der Waals surface area contributed by atoms with Crippen molar-refractivity contribution in [3.05, 3.63) is 63.6 Å². The molecule has 2 rings (SSSR count). The minimum Gasteiger partial charge on any atom is -0.492 e. The zero-order chi connectivity index (χ0) is 19.6. The summed E-state index contributed by atoms with van der Waals surface area (Å²) in [6.07, 6.45) is 2.11. The predicted octanol–water partition coefficient (Wildman–Crippen LogP) is 4.09. The number of hydrogen-bond donors (Lipinski definition) is 1. The molecule has 1 N–H and O–H groups in total. The molecule has 0 spiro atoms. The number of carbonyl (C=O) groups is 2. The maximum Gasteiger partial charge on any atom is 0.338 e. The summed E-state index contributed by atoms with van der Waals surface area (Å²) in [4.78, 5) is 23.5. The molecule has 0 radical (unpaired) electrons. The monoisotopic (exact) mass is 408 g/mol. The van der Waals surface area contributed by atoms with Crippen LogP contribution in [0.15, 0.2) is 47.6 Å². The minimum absolute atomic E-state index is 0.223. The first-order valence-electron chi connectivity index (χ1n) is 8.08. The van der Waals surface area contributed by atoms with Crippen molar-refractivity contribution >= 4 is 41.3 Å². The summed E-state index contributed by atoms with van der Waals surface area (Å²) >= 11 is 11.8. The van der Waals surface area contributed by atoms with Gasteiger partial charge in [0, 0.05) is 17.0 Å². The van der Waals surface area contributed by atoms with Crippen LogP contribution >= 0.6 is 23.2 Å². The van der Waals surface area contributed by atoms with Crippen molar-refractivity contribution in [2.45, 2.75) is 12.8 Å². The molecule has 1 amide bonds.